The summed E-state index contributed by atoms with van der Waals surface area (Å²) in [5, 5.41) is 0. The lowest BCUT2D eigenvalue weighted by Crippen LogP contribution is -2.35. The Bertz CT molecular complexity index is 156. The molecule has 84 valence electrons. The second-order valence-corrected chi connectivity index (χ2v) is 5.13. The van der Waals surface area contributed by atoms with Crippen molar-refractivity contribution in [2.24, 2.45) is 5.92 Å². The first-order valence-electron chi connectivity index (χ1n) is 5.98. The van der Waals surface area contributed by atoms with Gasteiger partial charge in [-0.1, -0.05) is 0 Å². The molecule has 0 spiro atoms. The van der Waals surface area contributed by atoms with Gasteiger partial charge in [0, 0.05) is 12.6 Å². The lowest BCUT2D eigenvalue weighted by Gasteiger charge is -2.31. The Morgan fingerprint density at radius 2 is 2.14 bits per heavy atom. The van der Waals surface area contributed by atoms with E-state index in [2.05, 4.69) is 37.7 Å². The fraction of sp³-hybridized carbons (Fsp3) is 1.00. The average Bonchev–Trinajstić information content (AvgIpc) is 2.14. The first-order valence-corrected chi connectivity index (χ1v) is 5.98. The molecule has 1 atom stereocenters. The number of piperidine rings is 1. The highest BCUT2D eigenvalue weighted by molar-refractivity contribution is 4.72. The molecule has 1 fully saturated rings. The predicted molar refractivity (Wildman–Crippen MR) is 62.6 cm³/mol. The van der Waals surface area contributed by atoms with Crippen molar-refractivity contribution in [2.75, 3.05) is 33.7 Å². The van der Waals surface area contributed by atoms with Gasteiger partial charge in [-0.25, -0.2) is 0 Å². The molecule has 1 unspecified atom stereocenters. The van der Waals surface area contributed by atoms with E-state index >= 15 is 0 Å². The summed E-state index contributed by atoms with van der Waals surface area (Å²) in [5.74, 6) is 0.940. The lowest BCUT2D eigenvalue weighted by atomic mass is 9.95. The zero-order valence-electron chi connectivity index (χ0n) is 10.3. The summed E-state index contributed by atoms with van der Waals surface area (Å²) in [6.45, 7) is 8.42. The lowest BCUT2D eigenvalue weighted by molar-refractivity contribution is 0.177. The van der Waals surface area contributed by atoms with Crippen LogP contribution in [0.25, 0.3) is 0 Å². The molecule has 1 aliphatic heterocycles. The van der Waals surface area contributed by atoms with Crippen LogP contribution in [0.5, 0.6) is 0 Å². The van der Waals surface area contributed by atoms with Crippen LogP contribution in [0.1, 0.15) is 33.1 Å². The first-order chi connectivity index (χ1) is 6.59. The maximum atomic E-state index is 2.48. The minimum atomic E-state index is 0.691. The van der Waals surface area contributed by atoms with Gasteiger partial charge >= 0.3 is 0 Å². The van der Waals surface area contributed by atoms with E-state index in [1.807, 2.05) is 0 Å². The summed E-state index contributed by atoms with van der Waals surface area (Å²) in [4.78, 5) is 4.93. The summed E-state index contributed by atoms with van der Waals surface area (Å²) in [6, 6.07) is 0.691. The van der Waals surface area contributed by atoms with E-state index in [1.165, 1.54) is 38.9 Å². The fourth-order valence-corrected chi connectivity index (χ4v) is 2.15. The van der Waals surface area contributed by atoms with E-state index in [0.717, 1.165) is 5.92 Å². The summed E-state index contributed by atoms with van der Waals surface area (Å²) in [6.07, 6.45) is 4.21. The molecule has 1 rings (SSSR count). The summed E-state index contributed by atoms with van der Waals surface area (Å²) in [5.41, 5.74) is 0. The zero-order valence-corrected chi connectivity index (χ0v) is 10.3. The fourth-order valence-electron chi connectivity index (χ4n) is 2.15. The zero-order chi connectivity index (χ0) is 10.6. The molecular formula is C12H26N2. The van der Waals surface area contributed by atoms with Crippen LogP contribution in [0, 0.1) is 5.92 Å². The molecular weight excluding hydrogens is 172 g/mol. The molecule has 1 aliphatic rings. The Labute approximate surface area is 89.3 Å². The molecule has 2 heteroatoms. The van der Waals surface area contributed by atoms with Crippen LogP contribution in [0.4, 0.5) is 0 Å². The molecule has 0 saturated carbocycles. The Hall–Kier alpha value is -0.0800. The van der Waals surface area contributed by atoms with Crippen molar-refractivity contribution in [3.8, 4) is 0 Å². The first kappa shape index (κ1) is 12.0. The normalized spacial score (nSPS) is 24.9. The maximum absolute atomic E-state index is 2.48. The number of likely N-dealkylation sites (tertiary alicyclic amines) is 1. The van der Waals surface area contributed by atoms with Gasteiger partial charge in [-0.05, 0) is 66.2 Å². The van der Waals surface area contributed by atoms with Gasteiger partial charge in [0.25, 0.3) is 0 Å². The molecule has 2 nitrogen and oxygen atoms in total. The quantitative estimate of drug-likeness (QED) is 0.682. The van der Waals surface area contributed by atoms with Crippen LogP contribution in [-0.4, -0.2) is 49.6 Å². The van der Waals surface area contributed by atoms with Crippen LogP contribution in [0.2, 0.25) is 0 Å². The van der Waals surface area contributed by atoms with Crippen molar-refractivity contribution >= 4 is 0 Å². The highest BCUT2D eigenvalue weighted by atomic mass is 15.1. The summed E-state index contributed by atoms with van der Waals surface area (Å²) in [7, 11) is 4.48. The van der Waals surface area contributed by atoms with Gasteiger partial charge in [0.15, 0.2) is 0 Å². The van der Waals surface area contributed by atoms with Crippen LogP contribution in [-0.2, 0) is 0 Å². The van der Waals surface area contributed by atoms with Crippen molar-refractivity contribution in [2.45, 2.75) is 39.2 Å². The van der Waals surface area contributed by atoms with E-state index < -0.39 is 0 Å². The van der Waals surface area contributed by atoms with Gasteiger partial charge in [-0.3, -0.25) is 0 Å². The highest BCUT2D eigenvalue weighted by Gasteiger charge is 2.17. The second kappa shape index (κ2) is 5.72. The Balaban J connectivity index is 2.17. The summed E-state index contributed by atoms with van der Waals surface area (Å²) >= 11 is 0. The molecule has 0 aromatic carbocycles. The monoisotopic (exact) mass is 198 g/mol. The molecule has 1 saturated heterocycles. The van der Waals surface area contributed by atoms with Gasteiger partial charge in [0.05, 0.1) is 0 Å². The van der Waals surface area contributed by atoms with Crippen molar-refractivity contribution in [1.82, 2.24) is 9.80 Å². The van der Waals surface area contributed by atoms with E-state index in [0.29, 0.717) is 6.04 Å². The molecule has 0 radical (unpaired) electrons. The summed E-state index contributed by atoms with van der Waals surface area (Å²) < 4.78 is 0. The van der Waals surface area contributed by atoms with E-state index in [1.54, 1.807) is 0 Å². The third-order valence-electron chi connectivity index (χ3n) is 3.49. The average molecular weight is 198 g/mol. The third kappa shape index (κ3) is 3.97. The second-order valence-electron chi connectivity index (χ2n) is 5.13. The Morgan fingerprint density at radius 1 is 1.43 bits per heavy atom. The molecule has 1 heterocycles. The molecule has 14 heavy (non-hydrogen) atoms. The van der Waals surface area contributed by atoms with Crippen molar-refractivity contribution in [3.05, 3.63) is 0 Å². The van der Waals surface area contributed by atoms with E-state index in [9.17, 15) is 0 Å². The van der Waals surface area contributed by atoms with Crippen LogP contribution >= 0.6 is 0 Å². The van der Waals surface area contributed by atoms with Crippen molar-refractivity contribution < 1.29 is 0 Å². The third-order valence-corrected chi connectivity index (χ3v) is 3.49. The van der Waals surface area contributed by atoms with Gasteiger partial charge in [-0.2, -0.15) is 0 Å². The molecule has 0 aromatic heterocycles. The minimum absolute atomic E-state index is 0.691. The van der Waals surface area contributed by atoms with Crippen LogP contribution in [0.15, 0.2) is 0 Å². The predicted octanol–water partition coefficient (Wildman–Crippen LogP) is 2.06. The van der Waals surface area contributed by atoms with Crippen LogP contribution < -0.4 is 0 Å². The molecule has 0 aromatic rings. The van der Waals surface area contributed by atoms with Gasteiger partial charge in [-0.15, -0.1) is 0 Å². The topological polar surface area (TPSA) is 6.48 Å². The largest absolute Gasteiger partial charge is 0.306 e. The number of rotatable bonds is 4. The maximum Gasteiger partial charge on any atom is 0.00355 e. The van der Waals surface area contributed by atoms with Gasteiger partial charge in [0.1, 0.15) is 0 Å². The molecule has 0 amide bonds. The van der Waals surface area contributed by atoms with Crippen molar-refractivity contribution in [1.29, 1.82) is 0 Å². The number of hydrogen-bond donors (Lipinski definition) is 0. The smallest absolute Gasteiger partial charge is 0.00355 e. The van der Waals surface area contributed by atoms with E-state index in [4.69, 9.17) is 0 Å². The Morgan fingerprint density at radius 3 is 2.71 bits per heavy atom. The number of nitrogens with zero attached hydrogens (tertiary/aromatic N) is 2. The highest BCUT2D eigenvalue weighted by Crippen LogP contribution is 2.18. The van der Waals surface area contributed by atoms with Gasteiger partial charge in [0.2, 0.25) is 0 Å². The minimum Gasteiger partial charge on any atom is -0.306 e. The van der Waals surface area contributed by atoms with Gasteiger partial charge < -0.3 is 9.80 Å². The number of hydrogen-bond acceptors (Lipinski definition) is 2. The molecule has 0 aliphatic carbocycles. The van der Waals surface area contributed by atoms with Crippen molar-refractivity contribution in [3.63, 3.8) is 0 Å². The standard InChI is InChI=1S/C12H26N2/c1-11(2)14(4)9-7-12-6-5-8-13(3)10-12/h11-12H,5-10H2,1-4H3. The molecule has 0 N–H and O–H groups in total. The Kier molecular flexibility index (Phi) is 4.90. The van der Waals surface area contributed by atoms with Crippen LogP contribution in [0.3, 0.4) is 0 Å². The van der Waals surface area contributed by atoms with E-state index in [-0.39, 0.29) is 0 Å². The SMILES string of the molecule is CC(C)N(C)CCC1CCCN(C)C1. The molecule has 0 bridgehead atoms.